The summed E-state index contributed by atoms with van der Waals surface area (Å²) in [4.78, 5) is 15.8. The van der Waals surface area contributed by atoms with E-state index in [0.29, 0.717) is 42.9 Å². The highest BCUT2D eigenvalue weighted by molar-refractivity contribution is 6.30. The van der Waals surface area contributed by atoms with Crippen molar-refractivity contribution >= 4 is 23.2 Å². The molecule has 0 saturated carbocycles. The minimum Gasteiger partial charge on any atom is -0.487 e. The van der Waals surface area contributed by atoms with Crippen LogP contribution in [0.1, 0.15) is 61.9 Å². The Bertz CT molecular complexity index is 1370. The maximum atomic E-state index is 13.9. The van der Waals surface area contributed by atoms with Crippen LogP contribution in [0.3, 0.4) is 0 Å². The number of aliphatic hydroxyl groups is 1. The number of amides is 1. The quantitative estimate of drug-likeness (QED) is 0.272. The summed E-state index contributed by atoms with van der Waals surface area (Å²) in [6.45, 7) is 7.95. The summed E-state index contributed by atoms with van der Waals surface area (Å²) < 4.78 is 22.9. The summed E-state index contributed by atoms with van der Waals surface area (Å²) in [5, 5.41) is 12.1. The molecule has 3 aromatic rings. The third kappa shape index (κ3) is 6.45. The monoisotopic (exact) mass is 593 g/mol. The maximum Gasteiger partial charge on any atom is 0.232 e. The van der Waals surface area contributed by atoms with Gasteiger partial charge in [-0.1, -0.05) is 35.9 Å². The lowest BCUT2D eigenvalue weighted by atomic mass is 9.78. The molecule has 7 nitrogen and oxygen atoms in total. The van der Waals surface area contributed by atoms with Crippen LogP contribution in [0.5, 0.6) is 11.5 Å². The third-order valence-corrected chi connectivity index (χ3v) is 8.46. The van der Waals surface area contributed by atoms with Gasteiger partial charge in [-0.2, -0.15) is 0 Å². The van der Waals surface area contributed by atoms with Crippen molar-refractivity contribution in [2.75, 3.05) is 38.4 Å². The lowest BCUT2D eigenvalue weighted by Crippen LogP contribution is -2.41. The smallest absolute Gasteiger partial charge is 0.232 e. The highest BCUT2D eigenvalue weighted by Gasteiger charge is 2.38. The Labute approximate surface area is 253 Å². The summed E-state index contributed by atoms with van der Waals surface area (Å²) in [5.74, 6) is 1.29. The Morgan fingerprint density at radius 1 is 1.02 bits per heavy atom. The number of hydrogen-bond acceptors (Lipinski definition) is 6. The number of nitrogens with zero attached hydrogens (tertiary/aromatic N) is 1. The second-order valence-electron chi connectivity index (χ2n) is 11.5. The number of rotatable bonds is 10. The first-order valence-corrected chi connectivity index (χ1v) is 15.0. The average Bonchev–Trinajstić information content (AvgIpc) is 2.98. The lowest BCUT2D eigenvalue weighted by Gasteiger charge is -2.39. The van der Waals surface area contributed by atoms with E-state index in [-0.39, 0.29) is 24.3 Å². The third-order valence-electron chi connectivity index (χ3n) is 8.21. The van der Waals surface area contributed by atoms with Crippen molar-refractivity contribution in [3.05, 3.63) is 87.9 Å². The molecule has 0 aliphatic carbocycles. The zero-order chi connectivity index (χ0) is 29.9. The summed E-state index contributed by atoms with van der Waals surface area (Å²) in [6, 6.07) is 18.9. The van der Waals surface area contributed by atoms with Gasteiger partial charge in [-0.3, -0.25) is 4.79 Å². The Morgan fingerprint density at radius 3 is 2.36 bits per heavy atom. The number of benzene rings is 3. The molecule has 224 valence electrons. The van der Waals surface area contributed by atoms with Crippen molar-refractivity contribution in [1.82, 2.24) is 0 Å². The lowest BCUT2D eigenvalue weighted by molar-refractivity contribution is -0.118. The predicted molar refractivity (Wildman–Crippen MR) is 164 cm³/mol. The first-order chi connectivity index (χ1) is 20.2. The molecule has 3 aromatic carbocycles. The van der Waals surface area contributed by atoms with Crippen LogP contribution < -0.4 is 14.4 Å². The SMILES string of the molecule is COCCOc1cc2c(cc1OC(C)C)[C@H](c1ccc(Cl)cc1)N(c1ccc(C(C)(O)C3CCOCC3)cc1)C(=O)C2. The molecule has 5 rings (SSSR count). The van der Waals surface area contributed by atoms with Gasteiger partial charge in [0, 0.05) is 31.0 Å². The topological polar surface area (TPSA) is 77.5 Å². The largest absolute Gasteiger partial charge is 0.487 e. The number of ether oxygens (including phenoxy) is 4. The van der Waals surface area contributed by atoms with Gasteiger partial charge in [-0.15, -0.1) is 0 Å². The van der Waals surface area contributed by atoms with Crippen LogP contribution in [0.25, 0.3) is 0 Å². The molecule has 1 saturated heterocycles. The summed E-state index contributed by atoms with van der Waals surface area (Å²) >= 11 is 6.26. The van der Waals surface area contributed by atoms with Crippen molar-refractivity contribution in [2.24, 2.45) is 5.92 Å². The van der Waals surface area contributed by atoms with Gasteiger partial charge in [-0.25, -0.2) is 0 Å². The summed E-state index contributed by atoms with van der Waals surface area (Å²) in [6.07, 6.45) is 1.77. The first kappa shape index (κ1) is 30.4. The zero-order valence-electron chi connectivity index (χ0n) is 24.8. The average molecular weight is 594 g/mol. The standard InChI is InChI=1S/C34H40ClNO6/c1-22(2)42-31-21-29-24(19-30(31)41-18-17-39-4)20-32(37)36(33(29)23-5-9-27(35)10-6-23)28-11-7-25(8-12-28)34(3,38)26-13-15-40-16-14-26/h5-12,19,21-22,26,33,38H,13-18,20H2,1-4H3/t33-,34?/m0/s1. The molecule has 8 heteroatoms. The molecule has 0 aromatic heterocycles. The van der Waals surface area contributed by atoms with Gasteiger partial charge in [0.05, 0.1) is 30.8 Å². The van der Waals surface area contributed by atoms with Gasteiger partial charge in [-0.05, 0) is 98.2 Å². The first-order valence-electron chi connectivity index (χ1n) is 14.6. The number of carbonyl (C=O) groups is 1. The van der Waals surface area contributed by atoms with E-state index in [1.165, 1.54) is 0 Å². The molecular formula is C34H40ClNO6. The fraction of sp³-hybridized carbons (Fsp3) is 0.441. The molecule has 1 unspecified atom stereocenters. The molecular weight excluding hydrogens is 554 g/mol. The minimum atomic E-state index is -0.987. The Hall–Kier alpha value is -3.10. The Morgan fingerprint density at radius 2 is 1.71 bits per heavy atom. The number of halogens is 1. The minimum absolute atomic E-state index is 0.0354. The van der Waals surface area contributed by atoms with E-state index in [9.17, 15) is 9.90 Å². The number of anilines is 1. The van der Waals surface area contributed by atoms with Crippen molar-refractivity contribution in [1.29, 1.82) is 0 Å². The maximum absolute atomic E-state index is 13.9. The molecule has 1 amide bonds. The Balaban J connectivity index is 1.56. The van der Waals surface area contributed by atoms with Gasteiger partial charge in [0.15, 0.2) is 11.5 Å². The number of fused-ring (bicyclic) bond motifs is 1. The number of hydrogen-bond donors (Lipinski definition) is 1. The fourth-order valence-electron chi connectivity index (χ4n) is 5.97. The molecule has 42 heavy (non-hydrogen) atoms. The zero-order valence-corrected chi connectivity index (χ0v) is 25.5. The van der Waals surface area contributed by atoms with Crippen LogP contribution in [0.4, 0.5) is 5.69 Å². The normalized spacial score (nSPS) is 19.0. The van der Waals surface area contributed by atoms with Crippen LogP contribution in [-0.2, 0) is 26.3 Å². The molecule has 0 radical (unpaired) electrons. The van der Waals surface area contributed by atoms with Gasteiger partial charge >= 0.3 is 0 Å². The Kier molecular flexibility index (Phi) is 9.43. The highest BCUT2D eigenvalue weighted by Crippen LogP contribution is 2.44. The number of methoxy groups -OCH3 is 1. The second kappa shape index (κ2) is 13.0. The van der Waals surface area contributed by atoms with Gasteiger partial charge in [0.1, 0.15) is 6.61 Å². The fourth-order valence-corrected chi connectivity index (χ4v) is 6.10. The van der Waals surface area contributed by atoms with Gasteiger partial charge < -0.3 is 29.0 Å². The van der Waals surface area contributed by atoms with E-state index in [1.54, 1.807) is 7.11 Å². The van der Waals surface area contributed by atoms with Gasteiger partial charge in [0.2, 0.25) is 5.91 Å². The van der Waals surface area contributed by atoms with E-state index in [4.69, 9.17) is 30.5 Å². The molecule has 2 aliphatic rings. The van der Waals surface area contributed by atoms with Crippen LogP contribution in [0.2, 0.25) is 5.02 Å². The van der Waals surface area contributed by atoms with Crippen LogP contribution in [0.15, 0.2) is 60.7 Å². The van der Waals surface area contributed by atoms with Crippen LogP contribution in [0, 0.1) is 5.92 Å². The summed E-state index contributed by atoms with van der Waals surface area (Å²) in [7, 11) is 1.63. The molecule has 0 bridgehead atoms. The van der Waals surface area contributed by atoms with E-state index < -0.39 is 11.6 Å². The number of carbonyl (C=O) groups excluding carboxylic acids is 1. The molecule has 2 atom stereocenters. The van der Waals surface area contributed by atoms with E-state index in [2.05, 4.69) is 0 Å². The highest BCUT2D eigenvalue weighted by atomic mass is 35.5. The second-order valence-corrected chi connectivity index (χ2v) is 11.9. The molecule has 0 spiro atoms. The predicted octanol–water partition coefficient (Wildman–Crippen LogP) is 6.47. The summed E-state index contributed by atoms with van der Waals surface area (Å²) in [5.41, 5.74) is 3.37. The molecule has 1 fully saturated rings. The molecule has 1 N–H and O–H groups in total. The molecule has 2 heterocycles. The van der Waals surface area contributed by atoms with Crippen LogP contribution >= 0.6 is 11.6 Å². The van der Waals surface area contributed by atoms with Crippen molar-refractivity contribution < 1.29 is 28.8 Å². The van der Waals surface area contributed by atoms with Crippen molar-refractivity contribution in [2.45, 2.75) is 57.8 Å². The van der Waals surface area contributed by atoms with Gasteiger partial charge in [0.25, 0.3) is 0 Å². The van der Waals surface area contributed by atoms with Crippen molar-refractivity contribution in [3.63, 3.8) is 0 Å². The van der Waals surface area contributed by atoms with Crippen molar-refractivity contribution in [3.8, 4) is 11.5 Å². The van der Waals surface area contributed by atoms with E-state index in [1.807, 2.05) is 86.3 Å². The van der Waals surface area contributed by atoms with E-state index in [0.717, 1.165) is 40.8 Å². The van der Waals surface area contributed by atoms with Crippen LogP contribution in [-0.4, -0.2) is 50.7 Å². The molecule has 2 aliphatic heterocycles. The van der Waals surface area contributed by atoms with E-state index >= 15 is 0 Å².